The highest BCUT2D eigenvalue weighted by atomic mass is 19.1. The Labute approximate surface area is 147 Å². The molecule has 0 radical (unpaired) electrons. The van der Waals surface area contributed by atoms with E-state index < -0.39 is 0 Å². The van der Waals surface area contributed by atoms with Crippen LogP contribution >= 0.6 is 0 Å². The Hall–Kier alpha value is -2.69. The summed E-state index contributed by atoms with van der Waals surface area (Å²) in [6.07, 6.45) is 0.318. The van der Waals surface area contributed by atoms with Crippen molar-refractivity contribution in [1.29, 1.82) is 0 Å². The van der Waals surface area contributed by atoms with Crippen LogP contribution in [0.15, 0.2) is 48.5 Å². The average molecular weight is 342 g/mol. The molecule has 132 valence electrons. The van der Waals surface area contributed by atoms with Gasteiger partial charge in [0.25, 0.3) is 0 Å². The highest BCUT2D eigenvalue weighted by Crippen LogP contribution is 2.07. The van der Waals surface area contributed by atoms with Gasteiger partial charge in [-0.25, -0.2) is 4.39 Å². The molecule has 0 fully saturated rings. The van der Waals surface area contributed by atoms with E-state index in [2.05, 4.69) is 5.32 Å². The second-order valence-corrected chi connectivity index (χ2v) is 6.08. The van der Waals surface area contributed by atoms with Gasteiger partial charge in [-0.2, -0.15) is 0 Å². The maximum absolute atomic E-state index is 12.9. The minimum atomic E-state index is -0.304. The van der Waals surface area contributed by atoms with Crippen LogP contribution in [0, 0.1) is 12.7 Å². The molecule has 0 heterocycles. The highest BCUT2D eigenvalue weighted by Gasteiger charge is 2.10. The molecule has 0 bridgehead atoms. The van der Waals surface area contributed by atoms with Crippen LogP contribution in [0.5, 0.6) is 0 Å². The summed E-state index contributed by atoms with van der Waals surface area (Å²) in [6, 6.07) is 13.9. The van der Waals surface area contributed by atoms with Crippen LogP contribution in [0.1, 0.15) is 23.6 Å². The molecular formula is C20H23FN2O2. The van der Waals surface area contributed by atoms with E-state index in [-0.39, 0.29) is 17.6 Å². The zero-order chi connectivity index (χ0) is 18.2. The standard InChI is InChI=1S/C20H23FN2O2/c1-15-3-5-17(6-4-15)13-20(25)22-11-12-23(16(2)24)14-18-7-9-19(21)10-8-18/h3-10H,11-14H2,1-2H3,(H,22,25). The summed E-state index contributed by atoms with van der Waals surface area (Å²) in [7, 11) is 0. The summed E-state index contributed by atoms with van der Waals surface area (Å²) >= 11 is 0. The highest BCUT2D eigenvalue weighted by molar-refractivity contribution is 5.78. The Bertz CT molecular complexity index is 711. The summed E-state index contributed by atoms with van der Waals surface area (Å²) in [4.78, 5) is 25.4. The molecule has 0 saturated carbocycles. The summed E-state index contributed by atoms with van der Waals surface area (Å²) in [5.74, 6) is -0.465. The van der Waals surface area contributed by atoms with Gasteiger partial charge in [0, 0.05) is 26.6 Å². The first-order valence-electron chi connectivity index (χ1n) is 8.26. The number of hydrogen-bond acceptors (Lipinski definition) is 2. The molecule has 5 heteroatoms. The van der Waals surface area contributed by atoms with Gasteiger partial charge in [0.1, 0.15) is 5.82 Å². The van der Waals surface area contributed by atoms with Gasteiger partial charge in [-0.3, -0.25) is 9.59 Å². The predicted molar refractivity (Wildman–Crippen MR) is 95.4 cm³/mol. The summed E-state index contributed by atoms with van der Waals surface area (Å²) in [6.45, 7) is 4.67. The molecule has 0 aliphatic rings. The third kappa shape index (κ3) is 6.37. The van der Waals surface area contributed by atoms with E-state index >= 15 is 0 Å². The van der Waals surface area contributed by atoms with Gasteiger partial charge in [-0.1, -0.05) is 42.0 Å². The van der Waals surface area contributed by atoms with Crippen LogP contribution in [-0.2, 0) is 22.6 Å². The van der Waals surface area contributed by atoms with Crippen LogP contribution in [0.4, 0.5) is 4.39 Å². The van der Waals surface area contributed by atoms with Crippen molar-refractivity contribution in [3.05, 3.63) is 71.0 Å². The van der Waals surface area contributed by atoms with Crippen molar-refractivity contribution in [3.63, 3.8) is 0 Å². The third-order valence-electron chi connectivity index (χ3n) is 3.92. The molecule has 0 aromatic heterocycles. The molecule has 0 aliphatic heterocycles. The van der Waals surface area contributed by atoms with Crippen LogP contribution in [0.3, 0.4) is 0 Å². The number of halogens is 1. The smallest absolute Gasteiger partial charge is 0.224 e. The molecule has 2 aromatic carbocycles. The fourth-order valence-corrected chi connectivity index (χ4v) is 2.44. The number of hydrogen-bond donors (Lipinski definition) is 1. The number of benzene rings is 2. The van der Waals surface area contributed by atoms with E-state index in [0.29, 0.717) is 26.1 Å². The second kappa shape index (κ2) is 8.97. The molecule has 0 atom stereocenters. The van der Waals surface area contributed by atoms with Gasteiger partial charge < -0.3 is 10.2 Å². The lowest BCUT2D eigenvalue weighted by molar-refractivity contribution is -0.130. The second-order valence-electron chi connectivity index (χ2n) is 6.08. The molecule has 2 rings (SSSR count). The van der Waals surface area contributed by atoms with E-state index in [0.717, 1.165) is 16.7 Å². The normalized spacial score (nSPS) is 10.4. The molecule has 2 amide bonds. The van der Waals surface area contributed by atoms with E-state index in [9.17, 15) is 14.0 Å². The van der Waals surface area contributed by atoms with Gasteiger partial charge in [-0.15, -0.1) is 0 Å². The minimum absolute atomic E-state index is 0.0749. The Morgan fingerprint density at radius 3 is 2.20 bits per heavy atom. The molecule has 0 saturated heterocycles. The van der Waals surface area contributed by atoms with Crippen molar-refractivity contribution in [1.82, 2.24) is 10.2 Å². The monoisotopic (exact) mass is 342 g/mol. The third-order valence-corrected chi connectivity index (χ3v) is 3.92. The van der Waals surface area contributed by atoms with Crippen LogP contribution < -0.4 is 5.32 Å². The van der Waals surface area contributed by atoms with Crippen molar-refractivity contribution in [3.8, 4) is 0 Å². The van der Waals surface area contributed by atoms with E-state index in [1.54, 1.807) is 17.0 Å². The first-order valence-corrected chi connectivity index (χ1v) is 8.26. The lowest BCUT2D eigenvalue weighted by atomic mass is 10.1. The topological polar surface area (TPSA) is 49.4 Å². The molecule has 0 aliphatic carbocycles. The molecule has 2 aromatic rings. The van der Waals surface area contributed by atoms with Crippen LogP contribution in [0.25, 0.3) is 0 Å². The number of carbonyl (C=O) groups is 2. The van der Waals surface area contributed by atoms with Crippen molar-refractivity contribution in [2.45, 2.75) is 26.8 Å². The molecule has 0 spiro atoms. The Balaban J connectivity index is 1.80. The van der Waals surface area contributed by atoms with Crippen molar-refractivity contribution < 1.29 is 14.0 Å². The van der Waals surface area contributed by atoms with Crippen molar-refractivity contribution in [2.75, 3.05) is 13.1 Å². The molecular weight excluding hydrogens is 319 g/mol. The average Bonchev–Trinajstić information content (AvgIpc) is 2.57. The number of aryl methyl sites for hydroxylation is 1. The van der Waals surface area contributed by atoms with E-state index in [4.69, 9.17) is 0 Å². The van der Waals surface area contributed by atoms with Crippen molar-refractivity contribution >= 4 is 11.8 Å². The Kier molecular flexibility index (Phi) is 6.69. The van der Waals surface area contributed by atoms with E-state index in [1.165, 1.54) is 19.1 Å². The Morgan fingerprint density at radius 2 is 1.60 bits per heavy atom. The van der Waals surface area contributed by atoms with Gasteiger partial charge in [0.15, 0.2) is 0 Å². The minimum Gasteiger partial charge on any atom is -0.354 e. The van der Waals surface area contributed by atoms with Crippen LogP contribution in [-0.4, -0.2) is 29.8 Å². The Morgan fingerprint density at radius 1 is 1.00 bits per heavy atom. The summed E-state index contributed by atoms with van der Waals surface area (Å²) < 4.78 is 12.9. The molecule has 0 unspecified atom stereocenters. The van der Waals surface area contributed by atoms with Gasteiger partial charge >= 0.3 is 0 Å². The predicted octanol–water partition coefficient (Wildman–Crippen LogP) is 2.84. The van der Waals surface area contributed by atoms with Gasteiger partial charge in [-0.05, 0) is 30.2 Å². The largest absolute Gasteiger partial charge is 0.354 e. The van der Waals surface area contributed by atoms with Crippen LogP contribution in [0.2, 0.25) is 0 Å². The van der Waals surface area contributed by atoms with Crippen molar-refractivity contribution in [2.24, 2.45) is 0 Å². The van der Waals surface area contributed by atoms with Gasteiger partial charge in [0.2, 0.25) is 11.8 Å². The molecule has 4 nitrogen and oxygen atoms in total. The number of nitrogens with one attached hydrogen (secondary N) is 1. The quantitative estimate of drug-likeness (QED) is 0.841. The number of nitrogens with zero attached hydrogens (tertiary/aromatic N) is 1. The number of amides is 2. The lowest BCUT2D eigenvalue weighted by Crippen LogP contribution is -2.37. The summed E-state index contributed by atoms with van der Waals surface area (Å²) in [5, 5.41) is 2.83. The molecule has 25 heavy (non-hydrogen) atoms. The first-order chi connectivity index (χ1) is 11.9. The SMILES string of the molecule is CC(=O)N(CCNC(=O)Cc1ccc(C)cc1)Cc1ccc(F)cc1. The van der Waals surface area contributed by atoms with E-state index in [1.807, 2.05) is 31.2 Å². The zero-order valence-electron chi connectivity index (χ0n) is 14.6. The fourth-order valence-electron chi connectivity index (χ4n) is 2.44. The summed E-state index contributed by atoms with van der Waals surface area (Å²) in [5.41, 5.74) is 2.96. The fraction of sp³-hybridized carbons (Fsp3) is 0.300. The zero-order valence-corrected chi connectivity index (χ0v) is 14.6. The first kappa shape index (κ1) is 18.6. The maximum atomic E-state index is 12.9. The maximum Gasteiger partial charge on any atom is 0.224 e. The van der Waals surface area contributed by atoms with Gasteiger partial charge in [0.05, 0.1) is 6.42 Å². The number of carbonyl (C=O) groups excluding carboxylic acids is 2. The molecule has 1 N–H and O–H groups in total. The number of rotatable bonds is 7. The lowest BCUT2D eigenvalue weighted by Gasteiger charge is -2.21.